The van der Waals surface area contributed by atoms with Crippen LogP contribution in [0.4, 0.5) is 0 Å². The van der Waals surface area contributed by atoms with E-state index in [1.807, 2.05) is 6.92 Å². The molecule has 1 saturated heterocycles. The number of aromatic nitrogens is 1. The molecule has 0 aromatic carbocycles. The van der Waals surface area contributed by atoms with Crippen molar-refractivity contribution >= 4 is 10.0 Å². The normalized spacial score (nSPS) is 17.5. The van der Waals surface area contributed by atoms with Gasteiger partial charge in [-0.25, -0.2) is 12.7 Å². The molecule has 0 amide bonds. The fourth-order valence-electron chi connectivity index (χ4n) is 2.66. The van der Waals surface area contributed by atoms with Crippen molar-refractivity contribution in [3.63, 3.8) is 0 Å². The summed E-state index contributed by atoms with van der Waals surface area (Å²) < 4.78 is 33.7. The monoisotopic (exact) mass is 316 g/mol. The van der Waals surface area contributed by atoms with E-state index in [1.165, 1.54) is 4.31 Å². The zero-order chi connectivity index (χ0) is 15.5. The highest BCUT2D eigenvalue weighted by atomic mass is 32.2. The Morgan fingerprint density at radius 1 is 1.43 bits per heavy atom. The van der Waals surface area contributed by atoms with E-state index in [2.05, 4.69) is 0 Å². The quantitative estimate of drug-likeness (QED) is 0.851. The van der Waals surface area contributed by atoms with Crippen molar-refractivity contribution in [3.8, 4) is 0 Å². The van der Waals surface area contributed by atoms with E-state index in [4.69, 9.17) is 4.74 Å². The van der Waals surface area contributed by atoms with E-state index in [9.17, 15) is 13.5 Å². The Morgan fingerprint density at radius 2 is 2.10 bits per heavy atom. The van der Waals surface area contributed by atoms with E-state index in [0.717, 1.165) is 12.8 Å². The molecule has 6 nitrogen and oxygen atoms in total. The van der Waals surface area contributed by atoms with Crippen LogP contribution in [0.3, 0.4) is 0 Å². The number of hydrogen-bond donors (Lipinski definition) is 1. The molecule has 0 unspecified atom stereocenters. The standard InChI is InChI=1S/C14H24N2O4S/c1-3-16-10-14(8-13(16)11-17)21(18,19)15(2)9-12-4-6-20-7-5-12/h8,10,12,17H,3-7,9,11H2,1-2H3. The highest BCUT2D eigenvalue weighted by molar-refractivity contribution is 7.89. The molecule has 2 heterocycles. The summed E-state index contributed by atoms with van der Waals surface area (Å²) in [4.78, 5) is 0.253. The van der Waals surface area contributed by atoms with Gasteiger partial charge in [0.1, 0.15) is 4.90 Å². The predicted molar refractivity (Wildman–Crippen MR) is 79.4 cm³/mol. The maximum atomic E-state index is 12.6. The first-order valence-electron chi connectivity index (χ1n) is 7.33. The summed E-state index contributed by atoms with van der Waals surface area (Å²) >= 11 is 0. The molecule has 0 bridgehead atoms. The summed E-state index contributed by atoms with van der Waals surface area (Å²) in [6.07, 6.45) is 3.40. The van der Waals surface area contributed by atoms with Gasteiger partial charge in [-0.3, -0.25) is 0 Å². The lowest BCUT2D eigenvalue weighted by molar-refractivity contribution is 0.0620. The summed E-state index contributed by atoms with van der Waals surface area (Å²) in [5.41, 5.74) is 0.621. The summed E-state index contributed by atoms with van der Waals surface area (Å²) in [5, 5.41) is 9.29. The van der Waals surface area contributed by atoms with Gasteiger partial charge >= 0.3 is 0 Å². The molecule has 1 fully saturated rings. The topological polar surface area (TPSA) is 71.8 Å². The number of ether oxygens (including phenoxy) is 1. The summed E-state index contributed by atoms with van der Waals surface area (Å²) in [5.74, 6) is 0.351. The van der Waals surface area contributed by atoms with Crippen molar-refractivity contribution in [2.75, 3.05) is 26.8 Å². The van der Waals surface area contributed by atoms with Crippen LogP contribution >= 0.6 is 0 Å². The van der Waals surface area contributed by atoms with Crippen LogP contribution in [0.2, 0.25) is 0 Å². The maximum absolute atomic E-state index is 12.6. The maximum Gasteiger partial charge on any atom is 0.244 e. The molecular weight excluding hydrogens is 292 g/mol. The van der Waals surface area contributed by atoms with Crippen molar-refractivity contribution < 1.29 is 18.3 Å². The third-order valence-electron chi connectivity index (χ3n) is 4.03. The van der Waals surface area contributed by atoms with Crippen LogP contribution in [0.5, 0.6) is 0 Å². The molecule has 2 rings (SSSR count). The number of aliphatic hydroxyl groups excluding tert-OH is 1. The molecule has 0 saturated carbocycles. The lowest BCUT2D eigenvalue weighted by Gasteiger charge is -2.26. The first kappa shape index (κ1) is 16.5. The smallest absolute Gasteiger partial charge is 0.244 e. The van der Waals surface area contributed by atoms with Gasteiger partial charge in [-0.05, 0) is 31.7 Å². The Balaban J connectivity index is 2.14. The van der Waals surface area contributed by atoms with Crippen LogP contribution in [0.25, 0.3) is 0 Å². The van der Waals surface area contributed by atoms with Gasteiger partial charge in [-0.2, -0.15) is 0 Å². The first-order valence-corrected chi connectivity index (χ1v) is 8.77. The third-order valence-corrected chi connectivity index (χ3v) is 5.82. The van der Waals surface area contributed by atoms with E-state index in [1.54, 1.807) is 23.9 Å². The number of rotatable bonds is 6. The van der Waals surface area contributed by atoms with Gasteiger partial charge in [-0.15, -0.1) is 0 Å². The van der Waals surface area contributed by atoms with Gasteiger partial charge in [0.2, 0.25) is 10.0 Å². The molecule has 1 N–H and O–H groups in total. The zero-order valence-electron chi connectivity index (χ0n) is 12.7. The van der Waals surface area contributed by atoms with Crippen LogP contribution in [-0.2, 0) is 27.9 Å². The van der Waals surface area contributed by atoms with Crippen molar-refractivity contribution in [2.24, 2.45) is 5.92 Å². The van der Waals surface area contributed by atoms with Gasteiger partial charge in [0.25, 0.3) is 0 Å². The van der Waals surface area contributed by atoms with E-state index >= 15 is 0 Å². The van der Waals surface area contributed by atoms with E-state index in [-0.39, 0.29) is 11.5 Å². The van der Waals surface area contributed by atoms with Crippen molar-refractivity contribution in [1.82, 2.24) is 8.87 Å². The Labute approximate surface area is 126 Å². The Morgan fingerprint density at radius 3 is 2.62 bits per heavy atom. The van der Waals surface area contributed by atoms with Crippen molar-refractivity contribution in [3.05, 3.63) is 18.0 Å². The van der Waals surface area contributed by atoms with Crippen molar-refractivity contribution in [2.45, 2.75) is 37.8 Å². The molecule has 120 valence electrons. The van der Waals surface area contributed by atoms with Gasteiger partial charge in [0, 0.05) is 45.2 Å². The predicted octanol–water partition coefficient (Wildman–Crippen LogP) is 1.05. The van der Waals surface area contributed by atoms with Crippen LogP contribution in [0, 0.1) is 5.92 Å². The average Bonchev–Trinajstić information content (AvgIpc) is 2.92. The second kappa shape index (κ2) is 6.91. The molecule has 1 aliphatic rings. The number of sulfonamides is 1. The van der Waals surface area contributed by atoms with Gasteiger partial charge in [0.15, 0.2) is 0 Å². The van der Waals surface area contributed by atoms with Gasteiger partial charge in [0.05, 0.1) is 6.61 Å². The highest BCUT2D eigenvalue weighted by Gasteiger charge is 2.26. The Bertz CT molecular complexity index is 540. The number of aliphatic hydroxyl groups is 1. The Kier molecular flexibility index (Phi) is 5.43. The third kappa shape index (κ3) is 3.66. The van der Waals surface area contributed by atoms with E-state index in [0.29, 0.717) is 37.9 Å². The molecule has 7 heteroatoms. The van der Waals surface area contributed by atoms with Crippen LogP contribution in [0.1, 0.15) is 25.5 Å². The Hall–Kier alpha value is -0.890. The van der Waals surface area contributed by atoms with Crippen molar-refractivity contribution in [1.29, 1.82) is 0 Å². The number of hydrogen-bond acceptors (Lipinski definition) is 4. The molecule has 0 spiro atoms. The summed E-state index contributed by atoms with van der Waals surface area (Å²) in [6, 6.07) is 1.55. The second-order valence-electron chi connectivity index (χ2n) is 5.45. The number of aryl methyl sites for hydroxylation is 1. The molecule has 0 aliphatic carbocycles. The highest BCUT2D eigenvalue weighted by Crippen LogP contribution is 2.22. The minimum atomic E-state index is -3.50. The lowest BCUT2D eigenvalue weighted by atomic mass is 10.0. The molecule has 1 aromatic rings. The van der Waals surface area contributed by atoms with Crippen LogP contribution in [0.15, 0.2) is 17.2 Å². The largest absolute Gasteiger partial charge is 0.390 e. The first-order chi connectivity index (χ1) is 9.98. The molecule has 1 aliphatic heterocycles. The SMILES string of the molecule is CCn1cc(S(=O)(=O)N(C)CC2CCOCC2)cc1CO. The number of nitrogens with zero attached hydrogens (tertiary/aromatic N) is 2. The van der Waals surface area contributed by atoms with Crippen LogP contribution in [-0.4, -0.2) is 49.2 Å². The molecule has 0 atom stereocenters. The lowest BCUT2D eigenvalue weighted by Crippen LogP contribution is -2.34. The van der Waals surface area contributed by atoms with Gasteiger partial charge in [-0.1, -0.05) is 0 Å². The fraction of sp³-hybridized carbons (Fsp3) is 0.714. The summed E-state index contributed by atoms with van der Waals surface area (Å²) in [6.45, 7) is 4.32. The minimum Gasteiger partial charge on any atom is -0.390 e. The van der Waals surface area contributed by atoms with Gasteiger partial charge < -0.3 is 14.4 Å². The fourth-order valence-corrected chi connectivity index (χ4v) is 3.98. The minimum absolute atomic E-state index is 0.160. The molecule has 21 heavy (non-hydrogen) atoms. The summed E-state index contributed by atoms with van der Waals surface area (Å²) in [7, 11) is -1.88. The second-order valence-corrected chi connectivity index (χ2v) is 7.50. The molecule has 0 radical (unpaired) electrons. The van der Waals surface area contributed by atoms with Crippen LogP contribution < -0.4 is 0 Å². The van der Waals surface area contributed by atoms with E-state index < -0.39 is 10.0 Å². The molecular formula is C14H24N2O4S. The molecule has 1 aromatic heterocycles. The average molecular weight is 316 g/mol. The zero-order valence-corrected chi connectivity index (χ0v) is 13.5.